The van der Waals surface area contributed by atoms with Crippen LogP contribution in [-0.2, 0) is 5.21 Å². The van der Waals surface area contributed by atoms with E-state index < -0.39 is 21.5 Å². The second-order valence-electron chi connectivity index (χ2n) is 6.45. The van der Waals surface area contributed by atoms with Crippen LogP contribution >= 0.6 is 0 Å². The largest absolute Gasteiger partial charge is 0.469 e. The Morgan fingerprint density at radius 1 is 0.846 bits per heavy atom. The van der Waals surface area contributed by atoms with Gasteiger partial charge in [-0.2, -0.15) is 0 Å². The maximum atomic E-state index is 6.32. The van der Waals surface area contributed by atoms with Gasteiger partial charge in [-0.3, -0.25) is 0 Å². The molecular weight excluding hydrogens is 309 g/mol. The number of fused-ring (bicyclic) bond motifs is 1. The highest BCUT2D eigenvalue weighted by Gasteiger charge is 2.44. The van der Waals surface area contributed by atoms with Crippen LogP contribution in [0.4, 0.5) is 0 Å². The first-order valence-electron chi connectivity index (χ1n) is 7.55. The zero-order valence-electron chi connectivity index (χ0n) is 14.4. The van der Waals surface area contributed by atoms with Crippen LogP contribution in [0.3, 0.4) is 0 Å². The lowest BCUT2D eigenvalue weighted by Gasteiger charge is -2.53. The van der Waals surface area contributed by atoms with E-state index in [1.165, 1.54) is 0 Å². The summed E-state index contributed by atoms with van der Waals surface area (Å²) in [6.45, 7) is 1.67. The number of benzene rings is 1. The van der Waals surface area contributed by atoms with E-state index in [0.717, 1.165) is 0 Å². The Balaban J connectivity index is 2.70. The lowest BCUT2D eigenvalue weighted by Crippen LogP contribution is -2.71. The first kappa shape index (κ1) is 21.8. The smallest absolute Gasteiger partial charge is 0.175 e. The van der Waals surface area contributed by atoms with Crippen LogP contribution in [-0.4, -0.2) is 103 Å². The van der Waals surface area contributed by atoms with Gasteiger partial charge in [-0.25, -0.2) is 0 Å². The molecule has 1 N–H and O–H groups in total. The van der Waals surface area contributed by atoms with Crippen molar-refractivity contribution in [2.45, 2.75) is 34.8 Å². The van der Waals surface area contributed by atoms with E-state index in [4.69, 9.17) is 95.8 Å². The molecule has 1 aliphatic rings. The average molecular weight is 315 g/mol. The third-order valence-corrected chi connectivity index (χ3v) is 4.20. The summed E-state index contributed by atoms with van der Waals surface area (Å²) in [7, 11) is 65.1. The highest BCUT2D eigenvalue weighted by Crippen LogP contribution is 2.37. The topological polar surface area (TPSA) is 30.5 Å². The Kier molecular flexibility index (Phi) is 5.47. The molecule has 0 saturated carbocycles. The molecular formula is C12H6B11NO2. The molecule has 22 radical (unpaired) electrons. The minimum absolute atomic E-state index is 0.0394. The standard InChI is InChI=1S/C12H6B11NO2/c1-2-9(16,24-11(19,20)21)10(17,18)3-4(13)6(15)8-7(5(3)14)25-12(22,23)26-8/h24H,2H2,1H3. The summed E-state index contributed by atoms with van der Waals surface area (Å²) in [5.74, 6) is -0.114. The second-order valence-corrected chi connectivity index (χ2v) is 6.45. The van der Waals surface area contributed by atoms with Crippen LogP contribution in [0.1, 0.15) is 18.9 Å². The molecule has 1 unspecified atom stereocenters. The number of hydrogen-bond acceptors (Lipinski definition) is 3. The molecule has 3 nitrogen and oxygen atoms in total. The van der Waals surface area contributed by atoms with Gasteiger partial charge in [0.15, 0.2) is 32.8 Å². The van der Waals surface area contributed by atoms with Gasteiger partial charge in [0.05, 0.1) is 47.1 Å². The van der Waals surface area contributed by atoms with E-state index >= 15 is 0 Å². The molecule has 0 aromatic heterocycles. The first-order chi connectivity index (χ1) is 11.6. The van der Waals surface area contributed by atoms with E-state index in [-0.39, 0.29) is 39.9 Å². The highest BCUT2D eigenvalue weighted by atomic mass is 16.7. The van der Waals surface area contributed by atoms with E-state index in [1.807, 2.05) is 0 Å². The average Bonchev–Trinajstić information content (AvgIpc) is 2.79. The Morgan fingerprint density at radius 3 is 1.73 bits per heavy atom. The van der Waals surface area contributed by atoms with E-state index in [0.29, 0.717) is 0 Å². The molecule has 2 rings (SSSR count). The van der Waals surface area contributed by atoms with Crippen molar-refractivity contribution in [3.63, 3.8) is 0 Å². The highest BCUT2D eigenvalue weighted by molar-refractivity contribution is 6.60. The van der Waals surface area contributed by atoms with E-state index in [9.17, 15) is 0 Å². The van der Waals surface area contributed by atoms with Gasteiger partial charge in [-0.05, 0) is 17.3 Å². The maximum Gasteiger partial charge on any atom is 0.175 e. The van der Waals surface area contributed by atoms with Gasteiger partial charge >= 0.3 is 0 Å². The SMILES string of the molecule is [B]c1c([B])c(C([B])([B])C([B])(CC)NC([B])([B])[B])c([B])c2c1OC([B])([B])O2. The van der Waals surface area contributed by atoms with Crippen molar-refractivity contribution in [1.82, 2.24) is 5.32 Å². The predicted octanol–water partition coefficient (Wildman–Crippen LogP) is -5.74. The summed E-state index contributed by atoms with van der Waals surface area (Å²) in [6.07, 6.45) is 0.123. The number of ether oxygens (including phenoxy) is 2. The summed E-state index contributed by atoms with van der Waals surface area (Å²) in [5, 5.41) is -1.29. The van der Waals surface area contributed by atoms with Crippen molar-refractivity contribution in [3.8, 4) is 11.5 Å². The Bertz CT molecular complexity index is 733. The lowest BCUT2D eigenvalue weighted by atomic mass is 9.33. The van der Waals surface area contributed by atoms with Gasteiger partial charge in [0.1, 0.15) is 23.5 Å². The number of nitrogens with one attached hydrogen (secondary N) is 1. The molecule has 0 bridgehead atoms. The molecule has 26 heavy (non-hydrogen) atoms. The number of hydrogen-bond donors (Lipinski definition) is 1. The van der Waals surface area contributed by atoms with Gasteiger partial charge in [-0.1, -0.05) is 33.9 Å². The van der Waals surface area contributed by atoms with Gasteiger partial charge < -0.3 is 14.8 Å². The second kappa shape index (κ2) is 6.53. The zero-order valence-corrected chi connectivity index (χ0v) is 14.4. The van der Waals surface area contributed by atoms with Crippen molar-refractivity contribution in [3.05, 3.63) is 5.56 Å². The van der Waals surface area contributed by atoms with Crippen molar-refractivity contribution in [2.24, 2.45) is 0 Å². The van der Waals surface area contributed by atoms with Crippen molar-refractivity contribution < 1.29 is 9.47 Å². The summed E-state index contributed by atoms with van der Waals surface area (Å²) in [6, 6.07) is 0. The zero-order chi connectivity index (χ0) is 20.3. The number of rotatable bonds is 5. The van der Waals surface area contributed by atoms with Crippen molar-refractivity contribution in [1.29, 1.82) is 0 Å². The van der Waals surface area contributed by atoms with Gasteiger partial charge in [0.2, 0.25) is 0 Å². The van der Waals surface area contributed by atoms with Gasteiger partial charge in [0.25, 0.3) is 0 Å². The molecule has 0 spiro atoms. The van der Waals surface area contributed by atoms with Crippen molar-refractivity contribution in [2.75, 3.05) is 0 Å². The van der Waals surface area contributed by atoms with Crippen molar-refractivity contribution >= 4 is 103 Å². The van der Waals surface area contributed by atoms with Crippen LogP contribution < -0.4 is 31.2 Å². The predicted molar refractivity (Wildman–Crippen MR) is 113 cm³/mol. The van der Waals surface area contributed by atoms with Crippen LogP contribution in [0.5, 0.6) is 11.5 Å². The summed E-state index contributed by atoms with van der Waals surface area (Å²) >= 11 is 0. The fourth-order valence-corrected chi connectivity index (χ4v) is 2.84. The summed E-state index contributed by atoms with van der Waals surface area (Å²) in [4.78, 5) is 0. The maximum absolute atomic E-state index is 6.32. The quantitative estimate of drug-likeness (QED) is 0.550. The molecule has 1 aliphatic heterocycles. The minimum Gasteiger partial charge on any atom is -0.469 e. The normalized spacial score (nSPS) is 18.3. The molecule has 0 saturated heterocycles. The Labute approximate surface area is 169 Å². The molecule has 0 aliphatic carbocycles. The van der Waals surface area contributed by atoms with Crippen LogP contribution in [0.15, 0.2) is 0 Å². The Hall–Kier alpha value is -0.506. The molecule has 1 heterocycles. The lowest BCUT2D eigenvalue weighted by molar-refractivity contribution is 0.0844. The van der Waals surface area contributed by atoms with Crippen LogP contribution in [0.2, 0.25) is 0 Å². The summed E-state index contributed by atoms with van der Waals surface area (Å²) < 4.78 is 10.5. The molecule has 1 aromatic carbocycles. The Morgan fingerprint density at radius 2 is 1.31 bits per heavy atom. The minimum atomic E-state index is -1.99. The monoisotopic (exact) mass is 317 g/mol. The molecule has 104 valence electrons. The third kappa shape index (κ3) is 3.60. The molecule has 0 amide bonds. The van der Waals surface area contributed by atoms with Crippen LogP contribution in [0, 0.1) is 0 Å². The van der Waals surface area contributed by atoms with Gasteiger partial charge in [0, 0.05) is 0 Å². The van der Waals surface area contributed by atoms with Gasteiger partial charge in [-0.15, -0.1) is 0 Å². The third-order valence-electron chi connectivity index (χ3n) is 4.20. The fraction of sp³-hybridized carbons (Fsp3) is 0.500. The molecule has 1 aromatic rings. The van der Waals surface area contributed by atoms with E-state index in [1.54, 1.807) is 6.92 Å². The van der Waals surface area contributed by atoms with Crippen LogP contribution in [0.25, 0.3) is 0 Å². The molecule has 1 atom stereocenters. The summed E-state index contributed by atoms with van der Waals surface area (Å²) in [5.41, 5.74) is -4.00. The first-order valence-corrected chi connectivity index (χ1v) is 7.55. The molecule has 0 fully saturated rings. The molecule has 14 heteroatoms. The van der Waals surface area contributed by atoms with E-state index in [2.05, 4.69) is 5.32 Å². The fourth-order valence-electron chi connectivity index (χ4n) is 2.84.